The summed E-state index contributed by atoms with van der Waals surface area (Å²) < 4.78 is 0. The molecule has 0 radical (unpaired) electrons. The average Bonchev–Trinajstić information content (AvgIpc) is 2.62. The van der Waals surface area contributed by atoms with Gasteiger partial charge in [0.25, 0.3) is 11.6 Å². The maximum atomic E-state index is 12.5. The highest BCUT2D eigenvalue weighted by molar-refractivity contribution is 5.94. The van der Waals surface area contributed by atoms with Crippen molar-refractivity contribution in [1.29, 1.82) is 0 Å². The van der Waals surface area contributed by atoms with Gasteiger partial charge in [-0.05, 0) is 36.4 Å². The van der Waals surface area contributed by atoms with E-state index < -0.39 is 4.92 Å². The molecule has 124 valence electrons. The Morgan fingerprint density at radius 3 is 2.08 bits per heavy atom. The van der Waals surface area contributed by atoms with E-state index >= 15 is 0 Å². The number of nitro groups is 1. The quantitative estimate of drug-likeness (QED) is 0.530. The average molecular weight is 326 g/mol. The molecule has 1 saturated heterocycles. The van der Waals surface area contributed by atoms with Gasteiger partial charge in [-0.2, -0.15) is 0 Å². The first-order valence-electron chi connectivity index (χ1n) is 7.69. The van der Waals surface area contributed by atoms with Crippen molar-refractivity contribution in [3.05, 3.63) is 64.2 Å². The fourth-order valence-electron chi connectivity index (χ4n) is 2.76. The Morgan fingerprint density at radius 1 is 0.958 bits per heavy atom. The minimum absolute atomic E-state index is 0.00153. The maximum Gasteiger partial charge on any atom is 0.269 e. The number of rotatable bonds is 3. The second-order valence-electron chi connectivity index (χ2n) is 5.67. The molecule has 0 atom stereocenters. The number of hydrogen-bond donors (Lipinski definition) is 1. The van der Waals surface area contributed by atoms with Crippen LogP contribution in [0, 0.1) is 10.1 Å². The summed E-state index contributed by atoms with van der Waals surface area (Å²) >= 11 is 0. The zero-order valence-electron chi connectivity index (χ0n) is 13.1. The van der Waals surface area contributed by atoms with Crippen LogP contribution in [0.2, 0.25) is 0 Å². The molecule has 0 spiro atoms. The van der Waals surface area contributed by atoms with Crippen LogP contribution in [-0.2, 0) is 0 Å². The summed E-state index contributed by atoms with van der Waals surface area (Å²) in [6.45, 7) is 2.61. The first kappa shape index (κ1) is 15.8. The van der Waals surface area contributed by atoms with Crippen LogP contribution in [0.15, 0.2) is 48.5 Å². The van der Waals surface area contributed by atoms with Crippen LogP contribution in [-0.4, -0.2) is 41.9 Å². The molecule has 2 N–H and O–H groups in total. The third kappa shape index (κ3) is 3.29. The molecule has 24 heavy (non-hydrogen) atoms. The normalized spacial score (nSPS) is 14.5. The van der Waals surface area contributed by atoms with Gasteiger partial charge in [0, 0.05) is 55.2 Å². The third-order valence-corrected chi connectivity index (χ3v) is 4.15. The summed E-state index contributed by atoms with van der Waals surface area (Å²) in [7, 11) is 0. The van der Waals surface area contributed by atoms with E-state index in [4.69, 9.17) is 5.73 Å². The van der Waals surface area contributed by atoms with E-state index in [1.54, 1.807) is 36.4 Å². The van der Waals surface area contributed by atoms with Crippen molar-refractivity contribution in [2.75, 3.05) is 36.8 Å². The van der Waals surface area contributed by atoms with Gasteiger partial charge in [0.15, 0.2) is 0 Å². The monoisotopic (exact) mass is 326 g/mol. The zero-order chi connectivity index (χ0) is 17.1. The van der Waals surface area contributed by atoms with Crippen LogP contribution in [0.5, 0.6) is 0 Å². The maximum absolute atomic E-state index is 12.5. The van der Waals surface area contributed by atoms with E-state index in [0.717, 1.165) is 5.69 Å². The van der Waals surface area contributed by atoms with E-state index in [-0.39, 0.29) is 11.6 Å². The van der Waals surface area contributed by atoms with Crippen molar-refractivity contribution in [1.82, 2.24) is 4.90 Å². The van der Waals surface area contributed by atoms with Gasteiger partial charge in [0.05, 0.1) is 4.92 Å². The van der Waals surface area contributed by atoms with E-state index in [1.165, 1.54) is 12.1 Å². The molecule has 1 aliphatic rings. The highest BCUT2D eigenvalue weighted by Gasteiger charge is 2.22. The lowest BCUT2D eigenvalue weighted by atomic mass is 10.1. The summed E-state index contributed by atoms with van der Waals surface area (Å²) in [6, 6.07) is 13.4. The number of nitro benzene ring substituents is 1. The number of carbonyl (C=O) groups excluding carboxylic acids is 1. The van der Waals surface area contributed by atoms with Gasteiger partial charge in [-0.25, -0.2) is 0 Å². The molecule has 7 nitrogen and oxygen atoms in total. The number of non-ortho nitro benzene ring substituents is 1. The number of piperazine rings is 1. The van der Waals surface area contributed by atoms with E-state index in [0.29, 0.717) is 37.4 Å². The lowest BCUT2D eigenvalue weighted by molar-refractivity contribution is -0.384. The lowest BCUT2D eigenvalue weighted by Gasteiger charge is -2.36. The molecule has 3 rings (SSSR count). The van der Waals surface area contributed by atoms with Crippen LogP contribution in [0.25, 0.3) is 0 Å². The molecule has 1 heterocycles. The fourth-order valence-corrected chi connectivity index (χ4v) is 2.76. The summed E-state index contributed by atoms with van der Waals surface area (Å²) in [4.78, 5) is 26.7. The number of nitrogens with two attached hydrogens (primary N) is 1. The van der Waals surface area contributed by atoms with Gasteiger partial charge < -0.3 is 15.5 Å². The van der Waals surface area contributed by atoms with Crippen molar-refractivity contribution in [2.24, 2.45) is 0 Å². The highest BCUT2D eigenvalue weighted by Crippen LogP contribution is 2.21. The first-order valence-corrected chi connectivity index (χ1v) is 7.69. The van der Waals surface area contributed by atoms with Crippen molar-refractivity contribution < 1.29 is 9.72 Å². The van der Waals surface area contributed by atoms with E-state index in [1.807, 2.05) is 4.90 Å². The Balaban J connectivity index is 1.62. The van der Waals surface area contributed by atoms with Crippen LogP contribution < -0.4 is 10.6 Å². The second-order valence-corrected chi connectivity index (χ2v) is 5.67. The summed E-state index contributed by atoms with van der Waals surface area (Å²) in [5.41, 5.74) is 7.92. The molecule has 1 amide bonds. The predicted octanol–water partition coefficient (Wildman–Crippen LogP) is 2.14. The molecule has 1 aliphatic heterocycles. The van der Waals surface area contributed by atoms with E-state index in [9.17, 15) is 14.9 Å². The summed E-state index contributed by atoms with van der Waals surface area (Å²) in [5, 5.41) is 10.7. The molecule has 7 heteroatoms. The van der Waals surface area contributed by atoms with Crippen LogP contribution in [0.4, 0.5) is 17.1 Å². The molecule has 1 fully saturated rings. The largest absolute Gasteiger partial charge is 0.399 e. The Kier molecular flexibility index (Phi) is 4.33. The second kappa shape index (κ2) is 6.57. The van der Waals surface area contributed by atoms with Crippen molar-refractivity contribution in [3.63, 3.8) is 0 Å². The fraction of sp³-hybridized carbons (Fsp3) is 0.235. The van der Waals surface area contributed by atoms with Gasteiger partial charge in [0.1, 0.15) is 0 Å². The smallest absolute Gasteiger partial charge is 0.269 e. The lowest BCUT2D eigenvalue weighted by Crippen LogP contribution is -2.48. The third-order valence-electron chi connectivity index (χ3n) is 4.15. The van der Waals surface area contributed by atoms with Crippen molar-refractivity contribution in [2.45, 2.75) is 0 Å². The molecule has 0 bridgehead atoms. The van der Waals surface area contributed by atoms with Gasteiger partial charge in [-0.15, -0.1) is 0 Å². The predicted molar refractivity (Wildman–Crippen MR) is 92.1 cm³/mol. The molecular weight excluding hydrogens is 308 g/mol. The molecular formula is C17H18N4O3. The Bertz CT molecular complexity index is 735. The van der Waals surface area contributed by atoms with Crippen LogP contribution in [0.3, 0.4) is 0 Å². The van der Waals surface area contributed by atoms with Crippen molar-refractivity contribution in [3.8, 4) is 0 Å². The Morgan fingerprint density at radius 2 is 1.54 bits per heavy atom. The molecule has 0 aromatic heterocycles. The minimum Gasteiger partial charge on any atom is -0.399 e. The van der Waals surface area contributed by atoms with E-state index in [2.05, 4.69) is 4.90 Å². The summed E-state index contributed by atoms with van der Waals surface area (Å²) in [5.74, 6) is -0.00153. The number of nitrogens with zero attached hydrogens (tertiary/aromatic N) is 3. The SMILES string of the molecule is Nc1ccc(C(=O)N2CCN(c3ccc([N+](=O)[O-])cc3)CC2)cc1. The number of benzene rings is 2. The van der Waals surface area contributed by atoms with Crippen molar-refractivity contribution >= 4 is 23.0 Å². The number of amides is 1. The Labute approximate surface area is 139 Å². The summed E-state index contributed by atoms with van der Waals surface area (Å²) in [6.07, 6.45) is 0. The van der Waals surface area contributed by atoms with Gasteiger partial charge in [-0.3, -0.25) is 14.9 Å². The molecule has 2 aromatic rings. The van der Waals surface area contributed by atoms with Gasteiger partial charge in [0.2, 0.25) is 0 Å². The highest BCUT2D eigenvalue weighted by atomic mass is 16.6. The minimum atomic E-state index is -0.410. The molecule has 0 saturated carbocycles. The van der Waals surface area contributed by atoms with Gasteiger partial charge >= 0.3 is 0 Å². The Hall–Kier alpha value is -3.09. The number of nitrogen functional groups attached to an aromatic ring is 1. The van der Waals surface area contributed by atoms with Crippen LogP contribution >= 0.6 is 0 Å². The standard InChI is InChI=1S/C17H18N4O3/c18-14-3-1-13(2-4-14)17(22)20-11-9-19(10-12-20)15-5-7-16(8-6-15)21(23)24/h1-8H,9-12,18H2. The zero-order valence-corrected chi connectivity index (χ0v) is 13.1. The first-order chi connectivity index (χ1) is 11.5. The number of anilines is 2. The van der Waals surface area contributed by atoms with Crippen LogP contribution in [0.1, 0.15) is 10.4 Å². The topological polar surface area (TPSA) is 92.7 Å². The molecule has 0 aliphatic carbocycles. The number of carbonyl (C=O) groups is 1. The van der Waals surface area contributed by atoms with Gasteiger partial charge in [-0.1, -0.05) is 0 Å². The number of hydrogen-bond acceptors (Lipinski definition) is 5. The molecule has 2 aromatic carbocycles. The molecule has 0 unspecified atom stereocenters.